The highest BCUT2D eigenvalue weighted by Crippen LogP contribution is 2.33. The molecule has 2 atom stereocenters. The van der Waals surface area contributed by atoms with E-state index in [1.54, 1.807) is 28.9 Å². The van der Waals surface area contributed by atoms with Crippen molar-refractivity contribution in [1.29, 1.82) is 0 Å². The lowest BCUT2D eigenvalue weighted by Gasteiger charge is -2.47. The summed E-state index contributed by atoms with van der Waals surface area (Å²) >= 11 is 0. The summed E-state index contributed by atoms with van der Waals surface area (Å²) in [6.07, 6.45) is -0.281. The molecule has 1 aromatic carbocycles. The number of alkyl halides is 3. The minimum absolute atomic E-state index is 0.0462. The normalized spacial score (nSPS) is 22.0. The van der Waals surface area contributed by atoms with Crippen molar-refractivity contribution in [3.63, 3.8) is 0 Å². The number of fused-ring (bicyclic) bond motifs is 1. The van der Waals surface area contributed by atoms with Crippen LogP contribution in [-0.2, 0) is 13.2 Å². The summed E-state index contributed by atoms with van der Waals surface area (Å²) in [5.74, 6) is -0.207. The van der Waals surface area contributed by atoms with E-state index in [1.807, 2.05) is 4.90 Å². The van der Waals surface area contributed by atoms with E-state index in [0.717, 1.165) is 25.0 Å². The second-order valence-corrected chi connectivity index (χ2v) is 7.96. The molecule has 0 bridgehead atoms. The van der Waals surface area contributed by atoms with Crippen LogP contribution in [0, 0.1) is 5.92 Å². The highest BCUT2D eigenvalue weighted by atomic mass is 19.4. The van der Waals surface area contributed by atoms with Gasteiger partial charge in [0.2, 0.25) is 0 Å². The fourth-order valence-corrected chi connectivity index (χ4v) is 4.50. The molecule has 2 amide bonds. The van der Waals surface area contributed by atoms with Crippen LogP contribution in [0.5, 0.6) is 0 Å². The lowest BCUT2D eigenvalue weighted by molar-refractivity contribution is -0.137. The SMILES string of the molecule is Cn1ccc(C(=O)N2CCC[C@@H]3CN(C(=O)c4ccc(C(F)(F)F)cc4)CC[C@@H]32)n1. The topological polar surface area (TPSA) is 58.4 Å². The van der Waals surface area contributed by atoms with Crippen LogP contribution < -0.4 is 0 Å². The van der Waals surface area contributed by atoms with E-state index < -0.39 is 11.7 Å². The van der Waals surface area contributed by atoms with Gasteiger partial charge in [-0.25, -0.2) is 0 Å². The molecule has 9 heteroatoms. The van der Waals surface area contributed by atoms with Crippen molar-refractivity contribution in [2.75, 3.05) is 19.6 Å². The van der Waals surface area contributed by atoms with Crippen molar-refractivity contribution < 1.29 is 22.8 Å². The van der Waals surface area contributed by atoms with Crippen LogP contribution in [0.25, 0.3) is 0 Å². The molecular weight excluding hydrogens is 397 g/mol. The Balaban J connectivity index is 1.44. The van der Waals surface area contributed by atoms with Crippen LogP contribution >= 0.6 is 0 Å². The third kappa shape index (κ3) is 3.93. The maximum atomic E-state index is 12.9. The highest BCUT2D eigenvalue weighted by molar-refractivity contribution is 5.94. The molecule has 2 saturated heterocycles. The number of benzene rings is 1. The molecule has 3 heterocycles. The third-order valence-electron chi connectivity index (χ3n) is 6.01. The summed E-state index contributed by atoms with van der Waals surface area (Å²) in [4.78, 5) is 29.3. The van der Waals surface area contributed by atoms with E-state index in [9.17, 15) is 22.8 Å². The summed E-state index contributed by atoms with van der Waals surface area (Å²) in [6.45, 7) is 1.63. The number of hydrogen-bond donors (Lipinski definition) is 0. The number of piperidine rings is 2. The molecule has 2 aliphatic heterocycles. The summed E-state index contributed by atoms with van der Waals surface area (Å²) in [7, 11) is 1.77. The van der Waals surface area contributed by atoms with E-state index in [-0.39, 0.29) is 29.3 Å². The Morgan fingerprint density at radius 3 is 2.40 bits per heavy atom. The zero-order valence-corrected chi connectivity index (χ0v) is 16.6. The Labute approximate surface area is 172 Å². The Morgan fingerprint density at radius 1 is 1.03 bits per heavy atom. The van der Waals surface area contributed by atoms with E-state index >= 15 is 0 Å². The van der Waals surface area contributed by atoms with Crippen molar-refractivity contribution in [1.82, 2.24) is 19.6 Å². The van der Waals surface area contributed by atoms with Gasteiger partial charge in [0.1, 0.15) is 5.69 Å². The molecule has 0 N–H and O–H groups in total. The molecule has 160 valence electrons. The average molecular weight is 420 g/mol. The maximum absolute atomic E-state index is 12.9. The molecule has 0 saturated carbocycles. The number of aryl methyl sites for hydroxylation is 1. The maximum Gasteiger partial charge on any atom is 0.416 e. The fraction of sp³-hybridized carbons (Fsp3) is 0.476. The first kappa shape index (κ1) is 20.4. The minimum Gasteiger partial charge on any atom is -0.338 e. The van der Waals surface area contributed by atoms with E-state index in [2.05, 4.69) is 5.10 Å². The van der Waals surface area contributed by atoms with Crippen molar-refractivity contribution in [3.8, 4) is 0 Å². The summed E-state index contributed by atoms with van der Waals surface area (Å²) in [5, 5.41) is 4.21. The number of carbonyl (C=O) groups excluding carboxylic acids is 2. The molecule has 30 heavy (non-hydrogen) atoms. The second kappa shape index (κ2) is 7.77. The Kier molecular flexibility index (Phi) is 5.29. The van der Waals surface area contributed by atoms with Crippen molar-refractivity contribution in [2.45, 2.75) is 31.5 Å². The molecule has 0 radical (unpaired) electrons. The van der Waals surface area contributed by atoms with E-state index in [4.69, 9.17) is 0 Å². The monoisotopic (exact) mass is 420 g/mol. The Hall–Kier alpha value is -2.84. The quantitative estimate of drug-likeness (QED) is 0.750. The van der Waals surface area contributed by atoms with Crippen LogP contribution in [0.15, 0.2) is 36.5 Å². The average Bonchev–Trinajstić information content (AvgIpc) is 3.17. The van der Waals surface area contributed by atoms with Crippen LogP contribution in [0.2, 0.25) is 0 Å². The number of hydrogen-bond acceptors (Lipinski definition) is 3. The van der Waals surface area contributed by atoms with Gasteiger partial charge in [-0.3, -0.25) is 14.3 Å². The van der Waals surface area contributed by atoms with Gasteiger partial charge in [-0.1, -0.05) is 0 Å². The number of likely N-dealkylation sites (tertiary alicyclic amines) is 2. The van der Waals surface area contributed by atoms with Gasteiger partial charge in [-0.05, 0) is 55.5 Å². The van der Waals surface area contributed by atoms with Crippen molar-refractivity contribution in [3.05, 3.63) is 53.3 Å². The van der Waals surface area contributed by atoms with Gasteiger partial charge in [0.05, 0.1) is 5.56 Å². The lowest BCUT2D eigenvalue weighted by Crippen LogP contribution is -2.56. The molecule has 0 spiro atoms. The van der Waals surface area contributed by atoms with Gasteiger partial charge in [-0.15, -0.1) is 0 Å². The summed E-state index contributed by atoms with van der Waals surface area (Å²) in [6, 6.07) is 6.09. The zero-order chi connectivity index (χ0) is 21.5. The first-order valence-corrected chi connectivity index (χ1v) is 10.0. The summed E-state index contributed by atoms with van der Waals surface area (Å²) in [5.41, 5.74) is -0.103. The fourth-order valence-electron chi connectivity index (χ4n) is 4.50. The van der Waals surface area contributed by atoms with Gasteiger partial charge < -0.3 is 9.80 Å². The van der Waals surface area contributed by atoms with Crippen LogP contribution in [-0.4, -0.2) is 57.1 Å². The molecule has 4 rings (SSSR count). The summed E-state index contributed by atoms with van der Waals surface area (Å²) < 4.78 is 39.9. The number of amides is 2. The molecule has 0 unspecified atom stereocenters. The first-order chi connectivity index (χ1) is 14.2. The van der Waals surface area contributed by atoms with E-state index in [1.165, 1.54) is 12.1 Å². The molecule has 1 aromatic heterocycles. The van der Waals surface area contributed by atoms with E-state index in [0.29, 0.717) is 31.7 Å². The van der Waals surface area contributed by atoms with Crippen LogP contribution in [0.3, 0.4) is 0 Å². The molecular formula is C21H23F3N4O2. The zero-order valence-electron chi connectivity index (χ0n) is 16.6. The smallest absolute Gasteiger partial charge is 0.338 e. The number of nitrogens with zero attached hydrogens (tertiary/aromatic N) is 4. The molecule has 2 aromatic rings. The number of aromatic nitrogens is 2. The van der Waals surface area contributed by atoms with Crippen LogP contribution in [0.1, 0.15) is 45.7 Å². The van der Waals surface area contributed by atoms with Crippen molar-refractivity contribution >= 4 is 11.8 Å². The van der Waals surface area contributed by atoms with Crippen molar-refractivity contribution in [2.24, 2.45) is 13.0 Å². The van der Waals surface area contributed by atoms with Crippen LogP contribution in [0.4, 0.5) is 13.2 Å². The molecule has 2 aliphatic rings. The highest BCUT2D eigenvalue weighted by Gasteiger charge is 2.40. The van der Waals surface area contributed by atoms with Gasteiger partial charge in [0.15, 0.2) is 0 Å². The number of carbonyl (C=O) groups is 2. The lowest BCUT2D eigenvalue weighted by atomic mass is 9.83. The second-order valence-electron chi connectivity index (χ2n) is 7.96. The van der Waals surface area contributed by atoms with Gasteiger partial charge in [0, 0.05) is 44.5 Å². The largest absolute Gasteiger partial charge is 0.416 e. The molecule has 2 fully saturated rings. The van der Waals surface area contributed by atoms with Gasteiger partial charge in [0.25, 0.3) is 11.8 Å². The first-order valence-electron chi connectivity index (χ1n) is 10.0. The predicted molar refractivity (Wildman–Crippen MR) is 103 cm³/mol. The standard InChI is InChI=1S/C21H23F3N4O2/c1-26-11-8-17(25-26)20(30)28-10-2-3-15-13-27(12-9-18(15)28)19(29)14-4-6-16(7-5-14)21(22,23)24/h4-8,11,15,18H,2-3,9-10,12-13H2,1H3/t15-,18+/m1/s1. The van der Waals surface area contributed by atoms with Gasteiger partial charge in [-0.2, -0.15) is 18.3 Å². The Bertz CT molecular complexity index is 938. The third-order valence-corrected chi connectivity index (χ3v) is 6.01. The Morgan fingerprint density at radius 2 is 1.77 bits per heavy atom. The molecule has 6 nitrogen and oxygen atoms in total. The molecule has 0 aliphatic carbocycles. The number of rotatable bonds is 2. The minimum atomic E-state index is -4.42. The predicted octanol–water partition coefficient (Wildman–Crippen LogP) is 3.21. The van der Waals surface area contributed by atoms with Gasteiger partial charge >= 0.3 is 6.18 Å². The number of halogens is 3.